The van der Waals surface area contributed by atoms with Gasteiger partial charge in [-0.05, 0) is 44.9 Å². The van der Waals surface area contributed by atoms with Crippen molar-refractivity contribution >= 4 is 22.0 Å². The fourth-order valence-corrected chi connectivity index (χ4v) is 4.11. The minimum absolute atomic E-state index is 0.0797. The minimum atomic E-state index is -4.13. The van der Waals surface area contributed by atoms with Crippen LogP contribution >= 0.6 is 0 Å². The van der Waals surface area contributed by atoms with Gasteiger partial charge in [-0.1, -0.05) is 43.0 Å². The van der Waals surface area contributed by atoms with Crippen molar-refractivity contribution in [2.24, 2.45) is 5.92 Å². The Hall–Kier alpha value is -3.33. The smallest absolute Gasteiger partial charge is 0.407 e. The van der Waals surface area contributed by atoms with E-state index in [1.54, 1.807) is 26.8 Å². The lowest BCUT2D eigenvalue weighted by Crippen LogP contribution is -2.36. The number of hydrogen-bond acceptors (Lipinski definition) is 6. The van der Waals surface area contributed by atoms with Crippen LogP contribution in [0.25, 0.3) is 0 Å². The van der Waals surface area contributed by atoms with Gasteiger partial charge < -0.3 is 14.8 Å². The second-order valence-electron chi connectivity index (χ2n) is 8.80. The molecular weight excluding hydrogens is 444 g/mol. The first-order valence-electron chi connectivity index (χ1n) is 10.5. The maximum absolute atomic E-state index is 12.7. The topological polar surface area (TPSA) is 111 Å². The molecule has 3 rings (SSSR count). The molecule has 1 saturated carbocycles. The summed E-state index contributed by atoms with van der Waals surface area (Å²) in [4.78, 5) is 24.3. The molecule has 0 unspecified atom stereocenters. The molecule has 2 aromatic carbocycles. The molecule has 2 atom stereocenters. The van der Waals surface area contributed by atoms with E-state index in [2.05, 4.69) is 11.9 Å². The number of carbonyl (C=O) groups is 2. The summed E-state index contributed by atoms with van der Waals surface area (Å²) in [6.45, 7) is 9.23. The third-order valence-corrected chi connectivity index (χ3v) is 6.15. The molecular formula is C24H28N2O6S. The van der Waals surface area contributed by atoms with Gasteiger partial charge in [0.25, 0.3) is 15.9 Å². The summed E-state index contributed by atoms with van der Waals surface area (Å²) >= 11 is 0. The van der Waals surface area contributed by atoms with Gasteiger partial charge >= 0.3 is 6.09 Å². The lowest BCUT2D eigenvalue weighted by molar-refractivity contribution is -0.116. The Bertz CT molecular complexity index is 1140. The Morgan fingerprint density at radius 2 is 1.79 bits per heavy atom. The number of nitrogens with one attached hydrogen (secondary N) is 2. The molecule has 9 heteroatoms. The highest BCUT2D eigenvalue weighted by molar-refractivity contribution is 7.90. The normalized spacial score (nSPS) is 17.5. The van der Waals surface area contributed by atoms with Gasteiger partial charge in [-0.2, -0.15) is 0 Å². The maximum atomic E-state index is 12.7. The first kappa shape index (κ1) is 24.3. The van der Waals surface area contributed by atoms with Crippen LogP contribution in [0.4, 0.5) is 4.79 Å². The van der Waals surface area contributed by atoms with Crippen LogP contribution < -0.4 is 14.8 Å². The number of alkyl carbamates (subject to hydrolysis) is 1. The van der Waals surface area contributed by atoms with Crippen LogP contribution in [0.2, 0.25) is 0 Å². The molecule has 8 nitrogen and oxygen atoms in total. The van der Waals surface area contributed by atoms with Crippen molar-refractivity contribution < 1.29 is 27.5 Å². The van der Waals surface area contributed by atoms with Crippen molar-refractivity contribution in [2.45, 2.75) is 50.3 Å². The Morgan fingerprint density at radius 3 is 2.45 bits per heavy atom. The first-order chi connectivity index (χ1) is 15.4. The van der Waals surface area contributed by atoms with Gasteiger partial charge in [-0.15, -0.1) is 0 Å². The van der Waals surface area contributed by atoms with Gasteiger partial charge in [-0.3, -0.25) is 4.79 Å². The molecule has 0 bridgehead atoms. The van der Waals surface area contributed by atoms with Crippen molar-refractivity contribution in [2.75, 3.05) is 0 Å². The molecule has 0 heterocycles. The van der Waals surface area contributed by atoms with Crippen LogP contribution in [0.5, 0.6) is 5.75 Å². The highest BCUT2D eigenvalue weighted by Gasteiger charge is 2.43. The Balaban J connectivity index is 1.56. The summed E-state index contributed by atoms with van der Waals surface area (Å²) in [5.74, 6) is -0.811. The third kappa shape index (κ3) is 7.08. The van der Waals surface area contributed by atoms with Crippen LogP contribution in [0.1, 0.15) is 32.8 Å². The van der Waals surface area contributed by atoms with E-state index in [9.17, 15) is 18.0 Å². The number of ether oxygens (including phenoxy) is 2. The Labute approximate surface area is 194 Å². The molecule has 0 aliphatic heterocycles. The summed E-state index contributed by atoms with van der Waals surface area (Å²) in [5.41, 5.74) is 0.376. The molecule has 0 saturated heterocycles. The van der Waals surface area contributed by atoms with Crippen LogP contribution in [0, 0.1) is 5.92 Å². The molecule has 33 heavy (non-hydrogen) atoms. The predicted octanol–water partition coefficient (Wildman–Crippen LogP) is 3.54. The second-order valence-corrected chi connectivity index (χ2v) is 10.5. The number of carbonyl (C=O) groups excluding carboxylic acids is 2. The number of hydrogen-bond donors (Lipinski definition) is 2. The van der Waals surface area contributed by atoms with E-state index >= 15 is 0 Å². The average molecular weight is 473 g/mol. The van der Waals surface area contributed by atoms with Crippen molar-refractivity contribution in [3.05, 3.63) is 72.3 Å². The third-order valence-electron chi connectivity index (χ3n) is 4.82. The molecule has 2 amide bonds. The monoisotopic (exact) mass is 472 g/mol. The minimum Gasteiger partial charge on any atom is -0.489 e. The average Bonchev–Trinajstić information content (AvgIpc) is 3.49. The van der Waals surface area contributed by atoms with Crippen LogP contribution in [0.15, 0.2) is 71.6 Å². The quantitative estimate of drug-likeness (QED) is 0.569. The fraction of sp³-hybridized carbons (Fsp3) is 0.333. The molecule has 176 valence electrons. The zero-order chi connectivity index (χ0) is 24.2. The molecule has 1 fully saturated rings. The van der Waals surface area contributed by atoms with Gasteiger partial charge in [-0.25, -0.2) is 17.9 Å². The van der Waals surface area contributed by atoms with Crippen molar-refractivity contribution in [3.63, 3.8) is 0 Å². The van der Waals surface area contributed by atoms with Gasteiger partial charge in [0.15, 0.2) is 0 Å². The zero-order valence-electron chi connectivity index (χ0n) is 18.8. The zero-order valence-corrected chi connectivity index (χ0v) is 19.6. The van der Waals surface area contributed by atoms with Gasteiger partial charge in [0.2, 0.25) is 0 Å². The van der Waals surface area contributed by atoms with Gasteiger partial charge in [0, 0.05) is 23.6 Å². The highest BCUT2D eigenvalue weighted by atomic mass is 32.2. The number of amides is 2. The van der Waals surface area contributed by atoms with E-state index in [1.807, 2.05) is 35.1 Å². The lowest BCUT2D eigenvalue weighted by atomic mass is 10.2. The highest BCUT2D eigenvalue weighted by Crippen LogP contribution is 2.37. The van der Waals surface area contributed by atoms with E-state index in [1.165, 1.54) is 18.2 Å². The van der Waals surface area contributed by atoms with Crippen LogP contribution in [-0.4, -0.2) is 32.1 Å². The molecule has 2 aromatic rings. The largest absolute Gasteiger partial charge is 0.489 e. The predicted molar refractivity (Wildman–Crippen MR) is 123 cm³/mol. The first-order valence-corrected chi connectivity index (χ1v) is 12.0. The van der Waals surface area contributed by atoms with Gasteiger partial charge in [0.1, 0.15) is 18.0 Å². The van der Waals surface area contributed by atoms with E-state index in [0.717, 1.165) is 5.56 Å². The maximum Gasteiger partial charge on any atom is 0.407 e. The second kappa shape index (κ2) is 9.66. The summed E-state index contributed by atoms with van der Waals surface area (Å²) in [6.07, 6.45) is -0.114. The Morgan fingerprint density at radius 1 is 1.09 bits per heavy atom. The van der Waals surface area contributed by atoms with Gasteiger partial charge in [0.05, 0.1) is 4.90 Å². The molecule has 1 aliphatic rings. The van der Waals surface area contributed by atoms with Crippen molar-refractivity contribution in [1.29, 1.82) is 0 Å². The van der Waals surface area contributed by atoms with Crippen LogP contribution in [0.3, 0.4) is 0 Å². The SMILES string of the molecule is C=C(C(=O)NS(=O)(=O)c1cccc(OCc2ccccc2)c1)[C@@H]1C[C@H]1NC(=O)OC(C)(C)C. The standard InChI is InChI=1S/C24H28N2O6S/c1-16(20-14-21(20)25-23(28)32-24(2,3)4)22(27)26-33(29,30)19-12-8-11-18(13-19)31-15-17-9-6-5-7-10-17/h5-13,20-21H,1,14-15H2,2-4H3,(H,25,28)(H,26,27)/t20-,21+/m0/s1. The fourth-order valence-electron chi connectivity index (χ4n) is 3.09. The summed E-state index contributed by atoms with van der Waals surface area (Å²) in [5, 5.41) is 2.66. The molecule has 0 spiro atoms. The number of rotatable bonds is 8. The van der Waals surface area contributed by atoms with E-state index < -0.39 is 27.6 Å². The summed E-state index contributed by atoms with van der Waals surface area (Å²) in [6, 6.07) is 15.0. The Kier molecular flexibility index (Phi) is 7.12. The molecule has 1 aliphatic carbocycles. The van der Waals surface area contributed by atoms with E-state index in [-0.39, 0.29) is 29.0 Å². The molecule has 2 N–H and O–H groups in total. The number of sulfonamides is 1. The van der Waals surface area contributed by atoms with E-state index in [0.29, 0.717) is 12.2 Å². The summed E-state index contributed by atoms with van der Waals surface area (Å²) in [7, 11) is -4.13. The summed E-state index contributed by atoms with van der Waals surface area (Å²) < 4.78 is 38.3. The van der Waals surface area contributed by atoms with Crippen molar-refractivity contribution in [3.8, 4) is 5.75 Å². The van der Waals surface area contributed by atoms with Crippen LogP contribution in [-0.2, 0) is 26.2 Å². The van der Waals surface area contributed by atoms with E-state index in [4.69, 9.17) is 9.47 Å². The number of benzene rings is 2. The van der Waals surface area contributed by atoms with Crippen molar-refractivity contribution in [1.82, 2.24) is 10.0 Å². The molecule has 0 radical (unpaired) electrons. The lowest BCUT2D eigenvalue weighted by Gasteiger charge is -2.19. The molecule has 0 aromatic heterocycles.